The van der Waals surface area contributed by atoms with E-state index in [2.05, 4.69) is 19.9 Å². The van der Waals surface area contributed by atoms with Gasteiger partial charge < -0.3 is 5.32 Å². The van der Waals surface area contributed by atoms with E-state index in [1.165, 1.54) is 30.1 Å². The van der Waals surface area contributed by atoms with Gasteiger partial charge in [-0.2, -0.15) is 32.4 Å². The molecule has 0 bridgehead atoms. The van der Waals surface area contributed by atoms with Crippen molar-refractivity contribution in [3.8, 4) is 16.9 Å². The van der Waals surface area contributed by atoms with Crippen LogP contribution in [0.4, 0.5) is 13.2 Å². The van der Waals surface area contributed by atoms with Gasteiger partial charge in [0.15, 0.2) is 0 Å². The highest BCUT2D eigenvalue weighted by molar-refractivity contribution is 7.93. The van der Waals surface area contributed by atoms with Gasteiger partial charge in [0.2, 0.25) is 0 Å². The third-order valence-electron chi connectivity index (χ3n) is 4.69. The molecule has 2 unspecified atom stereocenters. The summed E-state index contributed by atoms with van der Waals surface area (Å²) < 4.78 is 55.0. The minimum absolute atomic E-state index is 0.248. The van der Waals surface area contributed by atoms with Gasteiger partial charge >= 0.3 is 12.1 Å². The van der Waals surface area contributed by atoms with Crippen LogP contribution >= 0.6 is 11.6 Å². The molecule has 10 nitrogen and oxygen atoms in total. The highest BCUT2D eigenvalue weighted by Crippen LogP contribution is 2.21. The van der Waals surface area contributed by atoms with Crippen LogP contribution in [0.1, 0.15) is 17.3 Å². The third kappa shape index (κ3) is 6.57. The minimum atomic E-state index is -5.27. The number of carbonyl (C=O) groups excluding carboxylic acids is 2. The Hall–Kier alpha value is -3.52. The van der Waals surface area contributed by atoms with Gasteiger partial charge in [0.25, 0.3) is 11.5 Å². The number of rotatable bonds is 6. The van der Waals surface area contributed by atoms with Crippen LogP contribution in [0.3, 0.4) is 0 Å². The van der Waals surface area contributed by atoms with E-state index in [1.807, 2.05) is 0 Å². The second-order valence-electron chi connectivity index (χ2n) is 7.93. The number of aromatic nitrogens is 4. The SMILES string of the molecule is CC(CS(C)(=O)=NC(=O)C(F)(F)F)NC(=O)c1cc(-c2ccc(Cl)cc2)nn(-c2cnn(C)c2)c1=O. The zero-order valence-corrected chi connectivity index (χ0v) is 20.7. The molecule has 36 heavy (non-hydrogen) atoms. The third-order valence-corrected chi connectivity index (χ3v) is 6.61. The number of alkyl halides is 3. The summed E-state index contributed by atoms with van der Waals surface area (Å²) in [4.78, 5) is 37.2. The van der Waals surface area contributed by atoms with Gasteiger partial charge in [0.1, 0.15) is 11.3 Å². The first kappa shape index (κ1) is 27.1. The molecule has 192 valence electrons. The van der Waals surface area contributed by atoms with Crippen molar-refractivity contribution in [2.45, 2.75) is 19.1 Å². The van der Waals surface area contributed by atoms with E-state index in [0.717, 1.165) is 10.9 Å². The van der Waals surface area contributed by atoms with E-state index in [4.69, 9.17) is 11.6 Å². The van der Waals surface area contributed by atoms with Crippen molar-refractivity contribution in [1.82, 2.24) is 24.9 Å². The van der Waals surface area contributed by atoms with Crippen LogP contribution in [0.15, 0.2) is 51.9 Å². The number of amides is 2. The largest absolute Gasteiger partial charge is 0.474 e. The Morgan fingerprint density at radius 1 is 1.25 bits per heavy atom. The number of nitrogens with one attached hydrogen (secondary N) is 1. The van der Waals surface area contributed by atoms with Crippen molar-refractivity contribution in [1.29, 1.82) is 0 Å². The highest BCUT2D eigenvalue weighted by atomic mass is 35.5. The number of aryl methyl sites for hydroxylation is 1. The van der Waals surface area contributed by atoms with Gasteiger partial charge in [-0.05, 0) is 25.1 Å². The van der Waals surface area contributed by atoms with Crippen LogP contribution < -0.4 is 10.9 Å². The van der Waals surface area contributed by atoms with Crippen molar-refractivity contribution >= 4 is 33.1 Å². The lowest BCUT2D eigenvalue weighted by atomic mass is 10.1. The second-order valence-corrected chi connectivity index (χ2v) is 10.8. The van der Waals surface area contributed by atoms with Crippen LogP contribution in [0, 0.1) is 0 Å². The van der Waals surface area contributed by atoms with Gasteiger partial charge in [-0.25, -0.2) is 4.21 Å². The van der Waals surface area contributed by atoms with Crippen molar-refractivity contribution in [3.05, 3.63) is 63.7 Å². The summed E-state index contributed by atoms with van der Waals surface area (Å²) in [6, 6.07) is 6.73. The van der Waals surface area contributed by atoms with Crippen LogP contribution in [-0.4, -0.2) is 59.8 Å². The Morgan fingerprint density at radius 2 is 1.89 bits per heavy atom. The zero-order valence-electron chi connectivity index (χ0n) is 19.1. The standard InChI is InChI=1S/C21H20ClF3N6O4S/c1-12(11-36(3,35)29-20(34)21(23,24)25)27-18(32)16-8-17(13-4-6-14(22)7-5-13)28-31(19(16)33)15-9-26-30(2)10-15/h4-10,12H,11H2,1-3H3,(H,27,32). The normalized spacial score (nSPS) is 14.1. The minimum Gasteiger partial charge on any atom is -0.348 e. The molecule has 0 aliphatic carbocycles. The van der Waals surface area contributed by atoms with Crippen molar-refractivity contribution in [2.24, 2.45) is 11.4 Å². The predicted molar refractivity (Wildman–Crippen MR) is 126 cm³/mol. The summed E-state index contributed by atoms with van der Waals surface area (Å²) in [7, 11) is -2.00. The topological polar surface area (TPSA) is 128 Å². The van der Waals surface area contributed by atoms with Crippen LogP contribution in [0.2, 0.25) is 5.02 Å². The van der Waals surface area contributed by atoms with Gasteiger partial charge in [-0.3, -0.25) is 19.1 Å². The number of hydrogen-bond donors (Lipinski definition) is 1. The maximum Gasteiger partial charge on any atom is 0.474 e. The lowest BCUT2D eigenvalue weighted by Gasteiger charge is -2.16. The Balaban J connectivity index is 1.97. The molecule has 0 aliphatic rings. The summed E-state index contributed by atoms with van der Waals surface area (Å²) in [6.07, 6.45) is -1.51. The molecule has 0 saturated heterocycles. The zero-order chi connectivity index (χ0) is 26.8. The quantitative estimate of drug-likeness (QED) is 0.508. The Kier molecular flexibility index (Phi) is 7.69. The van der Waals surface area contributed by atoms with Crippen molar-refractivity contribution in [3.63, 3.8) is 0 Å². The van der Waals surface area contributed by atoms with E-state index in [0.29, 0.717) is 10.6 Å². The summed E-state index contributed by atoms with van der Waals surface area (Å²) in [6.45, 7) is 1.36. The molecular formula is C21H20ClF3N6O4S. The van der Waals surface area contributed by atoms with Crippen LogP contribution in [0.25, 0.3) is 16.9 Å². The molecule has 3 rings (SSSR count). The van der Waals surface area contributed by atoms with Gasteiger partial charge in [-0.15, -0.1) is 0 Å². The number of carbonyl (C=O) groups is 2. The first-order valence-electron chi connectivity index (χ1n) is 10.2. The van der Waals surface area contributed by atoms with Crippen LogP contribution in [0.5, 0.6) is 0 Å². The summed E-state index contributed by atoms with van der Waals surface area (Å²) >= 11 is 5.94. The predicted octanol–water partition coefficient (Wildman–Crippen LogP) is 2.59. The maximum absolute atomic E-state index is 13.1. The Labute approximate surface area is 208 Å². The van der Waals surface area contributed by atoms with Gasteiger partial charge in [-0.1, -0.05) is 23.7 Å². The molecule has 15 heteroatoms. The monoisotopic (exact) mass is 544 g/mol. The first-order valence-corrected chi connectivity index (χ1v) is 12.6. The molecule has 0 saturated carbocycles. The number of benzene rings is 1. The molecule has 2 heterocycles. The molecular weight excluding hydrogens is 525 g/mol. The molecule has 3 aromatic rings. The maximum atomic E-state index is 13.1. The summed E-state index contributed by atoms with van der Waals surface area (Å²) in [5.41, 5.74) is -0.0595. The fourth-order valence-corrected chi connectivity index (χ4v) is 4.85. The Morgan fingerprint density at radius 3 is 2.44 bits per heavy atom. The molecule has 0 radical (unpaired) electrons. The molecule has 0 aliphatic heterocycles. The smallest absolute Gasteiger partial charge is 0.348 e. The highest BCUT2D eigenvalue weighted by Gasteiger charge is 2.39. The van der Waals surface area contributed by atoms with E-state index in [-0.39, 0.29) is 16.9 Å². The fourth-order valence-electron chi connectivity index (χ4n) is 3.18. The number of hydrogen-bond acceptors (Lipinski definition) is 6. The molecule has 2 amide bonds. The lowest BCUT2D eigenvalue weighted by molar-refractivity contribution is -0.169. The van der Waals surface area contributed by atoms with E-state index in [1.54, 1.807) is 31.3 Å². The van der Waals surface area contributed by atoms with Gasteiger partial charge in [0.05, 0.1) is 33.6 Å². The van der Waals surface area contributed by atoms with E-state index >= 15 is 0 Å². The van der Waals surface area contributed by atoms with Crippen LogP contribution in [-0.2, 0) is 21.6 Å². The first-order chi connectivity index (χ1) is 16.7. The summed E-state index contributed by atoms with van der Waals surface area (Å²) in [5, 5.41) is 11.2. The Bertz CT molecular complexity index is 1490. The number of nitrogens with zero attached hydrogens (tertiary/aromatic N) is 5. The fraction of sp³-hybridized carbons (Fsp3) is 0.286. The van der Waals surface area contributed by atoms with Crippen molar-refractivity contribution in [2.75, 3.05) is 12.0 Å². The van der Waals surface area contributed by atoms with Gasteiger partial charge in [0, 0.05) is 29.9 Å². The van der Waals surface area contributed by atoms with E-state index < -0.39 is 45.1 Å². The average molecular weight is 545 g/mol. The van der Waals surface area contributed by atoms with E-state index in [9.17, 15) is 31.8 Å². The molecule has 2 aromatic heterocycles. The van der Waals surface area contributed by atoms with Crippen molar-refractivity contribution < 1.29 is 27.0 Å². The molecule has 2 atom stereocenters. The number of halogens is 4. The molecule has 1 N–H and O–H groups in total. The second kappa shape index (κ2) is 10.2. The average Bonchev–Trinajstić information content (AvgIpc) is 3.19. The molecule has 0 fully saturated rings. The molecule has 1 aromatic carbocycles. The lowest BCUT2D eigenvalue weighted by Crippen LogP contribution is -2.41. The molecule has 0 spiro atoms. The summed E-state index contributed by atoms with van der Waals surface area (Å²) in [5.74, 6) is -3.93.